The molecule has 2 rings (SSSR count). The fraction of sp³-hybridized carbons (Fsp3) is 0.286. The summed E-state index contributed by atoms with van der Waals surface area (Å²) in [5, 5.41) is 1.99. The van der Waals surface area contributed by atoms with Gasteiger partial charge in [0.15, 0.2) is 0 Å². The number of hydrogen-bond donors (Lipinski definition) is 2. The maximum Gasteiger partial charge on any atom is 0.216 e. The molecular weight excluding hydrogens is 292 g/mol. The van der Waals surface area contributed by atoms with Crippen molar-refractivity contribution in [3.05, 3.63) is 51.7 Å². The van der Waals surface area contributed by atoms with Crippen LogP contribution >= 0.6 is 11.3 Å². The Hall–Kier alpha value is -1.37. The number of sulfonamides is 1. The van der Waals surface area contributed by atoms with Crippen LogP contribution in [0.5, 0.6) is 0 Å². The first-order valence-corrected chi connectivity index (χ1v) is 8.90. The highest BCUT2D eigenvalue weighted by Crippen LogP contribution is 2.17. The molecule has 0 saturated heterocycles. The zero-order valence-electron chi connectivity index (χ0n) is 11.3. The molecule has 0 radical (unpaired) electrons. The number of rotatable bonds is 6. The molecule has 3 N–H and O–H groups in total. The lowest BCUT2D eigenvalue weighted by Crippen LogP contribution is -2.24. The van der Waals surface area contributed by atoms with Crippen LogP contribution in [0.2, 0.25) is 0 Å². The van der Waals surface area contributed by atoms with E-state index in [0.717, 1.165) is 11.3 Å². The molecule has 0 amide bonds. The minimum Gasteiger partial charge on any atom is -0.399 e. The Morgan fingerprint density at radius 3 is 2.80 bits per heavy atom. The lowest BCUT2D eigenvalue weighted by molar-refractivity contribution is 0.581. The molecule has 20 heavy (non-hydrogen) atoms. The summed E-state index contributed by atoms with van der Waals surface area (Å²) in [6.45, 7) is 2.41. The second-order valence-corrected chi connectivity index (χ2v) is 7.36. The highest BCUT2D eigenvalue weighted by molar-refractivity contribution is 7.88. The van der Waals surface area contributed by atoms with Crippen molar-refractivity contribution in [3.8, 4) is 0 Å². The van der Waals surface area contributed by atoms with Gasteiger partial charge in [-0.1, -0.05) is 19.1 Å². The number of hydrogen-bond acceptors (Lipinski definition) is 4. The minimum absolute atomic E-state index is 0.0507. The fourth-order valence-corrected chi connectivity index (χ4v) is 4.06. The Kier molecular flexibility index (Phi) is 4.80. The second-order valence-electron chi connectivity index (χ2n) is 4.55. The number of thiophene rings is 1. The molecule has 0 aliphatic carbocycles. The molecule has 1 heterocycles. The molecule has 0 aliphatic rings. The molecule has 0 unspecified atom stereocenters. The van der Waals surface area contributed by atoms with Crippen molar-refractivity contribution in [2.75, 3.05) is 5.73 Å². The first-order chi connectivity index (χ1) is 9.50. The van der Waals surface area contributed by atoms with Gasteiger partial charge in [0.1, 0.15) is 0 Å². The van der Waals surface area contributed by atoms with Gasteiger partial charge in [-0.25, -0.2) is 13.1 Å². The Labute approximate surface area is 123 Å². The monoisotopic (exact) mass is 310 g/mol. The Morgan fingerprint density at radius 2 is 2.10 bits per heavy atom. The van der Waals surface area contributed by atoms with Gasteiger partial charge < -0.3 is 5.73 Å². The largest absolute Gasteiger partial charge is 0.399 e. The molecule has 2 aromatic rings. The van der Waals surface area contributed by atoms with Crippen LogP contribution in [0.4, 0.5) is 5.69 Å². The van der Waals surface area contributed by atoms with Crippen molar-refractivity contribution >= 4 is 27.0 Å². The number of benzene rings is 1. The van der Waals surface area contributed by atoms with E-state index in [-0.39, 0.29) is 5.75 Å². The molecule has 0 spiro atoms. The van der Waals surface area contributed by atoms with Crippen molar-refractivity contribution in [2.24, 2.45) is 0 Å². The van der Waals surface area contributed by atoms with Crippen LogP contribution in [-0.4, -0.2) is 8.42 Å². The van der Waals surface area contributed by atoms with E-state index in [1.807, 2.05) is 11.4 Å². The van der Waals surface area contributed by atoms with Crippen LogP contribution in [0.3, 0.4) is 0 Å². The van der Waals surface area contributed by atoms with E-state index in [2.05, 4.69) is 11.6 Å². The number of nitrogen functional groups attached to an aromatic ring is 1. The molecule has 0 bridgehead atoms. The van der Waals surface area contributed by atoms with Crippen LogP contribution in [0.15, 0.2) is 35.7 Å². The molecule has 0 fully saturated rings. The van der Waals surface area contributed by atoms with Crippen LogP contribution in [0, 0.1) is 0 Å². The third-order valence-electron chi connectivity index (χ3n) is 2.98. The third-order valence-corrected chi connectivity index (χ3v) is 5.24. The molecule has 1 aromatic carbocycles. The van der Waals surface area contributed by atoms with Crippen molar-refractivity contribution in [2.45, 2.75) is 25.6 Å². The smallest absolute Gasteiger partial charge is 0.216 e. The summed E-state index contributed by atoms with van der Waals surface area (Å²) in [5.41, 5.74) is 8.12. The van der Waals surface area contributed by atoms with E-state index < -0.39 is 10.0 Å². The van der Waals surface area contributed by atoms with Crippen LogP contribution in [0.25, 0.3) is 0 Å². The van der Waals surface area contributed by atoms with Gasteiger partial charge in [-0.2, -0.15) is 0 Å². The van der Waals surface area contributed by atoms with Crippen molar-refractivity contribution in [1.29, 1.82) is 0 Å². The molecule has 108 valence electrons. The van der Waals surface area contributed by atoms with Crippen LogP contribution in [-0.2, 0) is 28.7 Å². The number of nitrogens with two attached hydrogens (primary N) is 1. The minimum atomic E-state index is -3.35. The highest BCUT2D eigenvalue weighted by atomic mass is 32.2. The molecular formula is C14H18N2O2S2. The molecule has 4 nitrogen and oxygen atoms in total. The maximum atomic E-state index is 12.1. The third kappa shape index (κ3) is 4.06. The molecule has 0 saturated carbocycles. The van der Waals surface area contributed by atoms with E-state index in [0.29, 0.717) is 17.8 Å². The SMILES string of the molecule is CCc1ccsc1CNS(=O)(=O)Cc1cccc(N)c1. The average molecular weight is 310 g/mol. The van der Waals surface area contributed by atoms with Crippen molar-refractivity contribution < 1.29 is 8.42 Å². The Bertz CT molecular complexity index is 678. The van der Waals surface area contributed by atoms with Crippen molar-refractivity contribution in [3.63, 3.8) is 0 Å². The van der Waals surface area contributed by atoms with E-state index >= 15 is 0 Å². The summed E-state index contributed by atoms with van der Waals surface area (Å²) < 4.78 is 26.8. The number of aryl methyl sites for hydroxylation is 1. The Balaban J connectivity index is 2.01. The predicted molar refractivity (Wildman–Crippen MR) is 84.0 cm³/mol. The molecule has 0 aliphatic heterocycles. The van der Waals surface area contributed by atoms with E-state index in [1.165, 1.54) is 5.56 Å². The second kappa shape index (κ2) is 6.39. The van der Waals surface area contributed by atoms with Gasteiger partial charge in [0.25, 0.3) is 0 Å². The summed E-state index contributed by atoms with van der Waals surface area (Å²) in [5.74, 6) is -0.0507. The van der Waals surface area contributed by atoms with Gasteiger partial charge in [0.2, 0.25) is 10.0 Å². The van der Waals surface area contributed by atoms with Crippen LogP contribution < -0.4 is 10.5 Å². The number of nitrogens with one attached hydrogen (secondary N) is 1. The van der Waals surface area contributed by atoms with Gasteiger partial charge in [-0.3, -0.25) is 0 Å². The van der Waals surface area contributed by atoms with Gasteiger partial charge >= 0.3 is 0 Å². The topological polar surface area (TPSA) is 72.2 Å². The molecule has 6 heteroatoms. The summed E-state index contributed by atoms with van der Waals surface area (Å²) in [6, 6.07) is 8.98. The Morgan fingerprint density at radius 1 is 1.30 bits per heavy atom. The summed E-state index contributed by atoms with van der Waals surface area (Å²) in [6.07, 6.45) is 0.912. The first kappa shape index (κ1) is 15.0. The zero-order valence-corrected chi connectivity index (χ0v) is 12.9. The van der Waals surface area contributed by atoms with Gasteiger partial charge in [-0.15, -0.1) is 11.3 Å². The summed E-state index contributed by atoms with van der Waals surface area (Å²) in [4.78, 5) is 1.07. The maximum absolute atomic E-state index is 12.1. The normalized spacial score (nSPS) is 11.7. The summed E-state index contributed by atoms with van der Waals surface area (Å²) >= 11 is 1.58. The van der Waals surface area contributed by atoms with E-state index in [1.54, 1.807) is 35.6 Å². The lowest BCUT2D eigenvalue weighted by Gasteiger charge is -2.07. The molecule has 1 aromatic heterocycles. The average Bonchev–Trinajstić information content (AvgIpc) is 2.83. The zero-order chi connectivity index (χ0) is 14.6. The van der Waals surface area contributed by atoms with Crippen molar-refractivity contribution in [1.82, 2.24) is 4.72 Å². The fourth-order valence-electron chi connectivity index (χ4n) is 1.97. The van der Waals surface area contributed by atoms with Gasteiger partial charge in [0, 0.05) is 17.1 Å². The van der Waals surface area contributed by atoms with E-state index in [9.17, 15) is 8.42 Å². The van der Waals surface area contributed by atoms with E-state index in [4.69, 9.17) is 5.73 Å². The standard InChI is InChI=1S/C14H18N2O2S2/c1-2-12-6-7-19-14(12)9-16-20(17,18)10-11-4-3-5-13(15)8-11/h3-8,16H,2,9-10,15H2,1H3. The van der Waals surface area contributed by atoms with Gasteiger partial charge in [-0.05, 0) is 41.1 Å². The quantitative estimate of drug-likeness (QED) is 0.805. The number of anilines is 1. The highest BCUT2D eigenvalue weighted by Gasteiger charge is 2.13. The van der Waals surface area contributed by atoms with Crippen LogP contribution in [0.1, 0.15) is 22.9 Å². The lowest BCUT2D eigenvalue weighted by atomic mass is 10.2. The first-order valence-electron chi connectivity index (χ1n) is 6.37. The summed E-state index contributed by atoms with van der Waals surface area (Å²) in [7, 11) is -3.35. The predicted octanol–water partition coefficient (Wildman–Crippen LogP) is 2.51. The molecule has 0 atom stereocenters. The van der Waals surface area contributed by atoms with Gasteiger partial charge in [0.05, 0.1) is 5.75 Å².